The first-order valence-electron chi connectivity index (χ1n) is 4.56. The maximum Gasteiger partial charge on any atom is 0.398 e. The molecule has 0 aliphatic rings. The lowest BCUT2D eigenvalue weighted by molar-refractivity contribution is 0.249. The first kappa shape index (κ1) is 18.7. The van der Waals surface area contributed by atoms with Gasteiger partial charge in [0.25, 0.3) is 0 Å². The quantitative estimate of drug-likeness (QED) is 0.219. The summed E-state index contributed by atoms with van der Waals surface area (Å²) in [5.41, 5.74) is 0. The Bertz CT molecular complexity index is 560. The summed E-state index contributed by atoms with van der Waals surface area (Å²) < 4.78 is 87.1. The second-order valence-corrected chi connectivity index (χ2v) is 7.58. The van der Waals surface area contributed by atoms with Crippen LogP contribution < -0.4 is 5.32 Å². The van der Waals surface area contributed by atoms with Crippen LogP contribution in [0.1, 0.15) is 0 Å². The summed E-state index contributed by atoms with van der Waals surface area (Å²) in [6.07, 6.45) is 0. The third-order valence-corrected chi connectivity index (χ3v) is 4.02. The lowest BCUT2D eigenvalue weighted by atomic mass is 10.8. The van der Waals surface area contributed by atoms with Crippen molar-refractivity contribution in [3.63, 3.8) is 0 Å². The van der Waals surface area contributed by atoms with Gasteiger partial charge in [-0.3, -0.25) is 14.4 Å². The molecule has 0 heterocycles. The molecule has 116 valence electrons. The van der Waals surface area contributed by atoms with Crippen LogP contribution in [0.4, 0.5) is 0 Å². The van der Waals surface area contributed by atoms with E-state index in [4.69, 9.17) is 9.11 Å². The summed E-state index contributed by atoms with van der Waals surface area (Å²) in [6.45, 7) is -1.54. The Labute approximate surface area is 110 Å². The maximum atomic E-state index is 11.3. The van der Waals surface area contributed by atoms with Gasteiger partial charge in [0.1, 0.15) is 6.73 Å². The van der Waals surface area contributed by atoms with Crippen LogP contribution in [-0.2, 0) is 39.0 Å². The number of nitrogens with one attached hydrogen (secondary N) is 1. The minimum Gasteiger partial charge on any atom is -0.292 e. The van der Waals surface area contributed by atoms with Crippen molar-refractivity contribution in [2.75, 3.05) is 31.4 Å². The highest BCUT2D eigenvalue weighted by Crippen LogP contribution is 1.93. The topological polar surface area (TPSA) is 173 Å². The van der Waals surface area contributed by atoms with E-state index >= 15 is 0 Å². The van der Waals surface area contributed by atoms with E-state index in [1.165, 1.54) is 0 Å². The van der Waals surface area contributed by atoms with Gasteiger partial charge in [-0.25, -0.2) is 16.8 Å². The average Bonchev–Trinajstić information content (AvgIpc) is 2.12. The SMILES string of the molecule is O=S(=O)(CCNCOS(=O)(=O)O)CCOS(=O)(=O)O. The zero-order chi connectivity index (χ0) is 15.2. The van der Waals surface area contributed by atoms with Gasteiger partial charge in [-0.2, -0.15) is 16.8 Å². The fraction of sp³-hybridized carbons (Fsp3) is 1.00. The molecular weight excluding hydrogens is 330 g/mol. The van der Waals surface area contributed by atoms with Crippen molar-refractivity contribution in [1.82, 2.24) is 5.32 Å². The van der Waals surface area contributed by atoms with E-state index in [1.54, 1.807) is 0 Å². The second kappa shape index (κ2) is 7.44. The van der Waals surface area contributed by atoms with Crippen molar-refractivity contribution >= 4 is 30.6 Å². The minimum atomic E-state index is -4.69. The van der Waals surface area contributed by atoms with Crippen LogP contribution in [0, 0.1) is 0 Å². The summed E-state index contributed by atoms with van der Waals surface area (Å²) in [7, 11) is -12.9. The molecule has 0 aliphatic carbocycles. The summed E-state index contributed by atoms with van der Waals surface area (Å²) in [5.74, 6) is -1.09. The lowest BCUT2D eigenvalue weighted by Crippen LogP contribution is -2.28. The van der Waals surface area contributed by atoms with Gasteiger partial charge < -0.3 is 0 Å². The molecule has 0 aromatic heterocycles. The molecule has 11 nitrogen and oxygen atoms in total. The second-order valence-electron chi connectivity index (χ2n) is 3.09. The van der Waals surface area contributed by atoms with Gasteiger partial charge in [0, 0.05) is 6.54 Å². The number of rotatable bonds is 10. The zero-order valence-electron chi connectivity index (χ0n) is 9.42. The van der Waals surface area contributed by atoms with Crippen LogP contribution >= 0.6 is 0 Å². The van der Waals surface area contributed by atoms with Crippen LogP contribution in [0.2, 0.25) is 0 Å². The van der Waals surface area contributed by atoms with E-state index in [0.29, 0.717) is 0 Å². The average molecular weight is 343 g/mol. The number of hydrogen-bond acceptors (Lipinski definition) is 9. The molecule has 0 radical (unpaired) electrons. The van der Waals surface area contributed by atoms with Crippen LogP contribution in [0.15, 0.2) is 0 Å². The fourth-order valence-electron chi connectivity index (χ4n) is 0.784. The monoisotopic (exact) mass is 343 g/mol. The molecule has 0 atom stereocenters. The van der Waals surface area contributed by atoms with E-state index in [0.717, 1.165) is 0 Å². The van der Waals surface area contributed by atoms with E-state index in [1.807, 2.05) is 0 Å². The molecule has 0 aromatic carbocycles. The van der Waals surface area contributed by atoms with Gasteiger partial charge in [0.15, 0.2) is 9.84 Å². The molecule has 0 amide bonds. The van der Waals surface area contributed by atoms with E-state index < -0.39 is 55.5 Å². The fourth-order valence-corrected chi connectivity index (χ4v) is 2.41. The highest BCUT2D eigenvalue weighted by atomic mass is 32.3. The molecule has 0 unspecified atom stereocenters. The molecule has 0 aliphatic heterocycles. The molecule has 0 rings (SSSR count). The zero-order valence-corrected chi connectivity index (χ0v) is 11.9. The van der Waals surface area contributed by atoms with Crippen molar-refractivity contribution in [1.29, 1.82) is 0 Å². The molecule has 0 fully saturated rings. The maximum absolute atomic E-state index is 11.3. The molecule has 14 heteroatoms. The van der Waals surface area contributed by atoms with Crippen molar-refractivity contribution < 1.29 is 42.7 Å². The molecule has 3 N–H and O–H groups in total. The molecule has 0 saturated carbocycles. The molecule has 0 aromatic rings. The smallest absolute Gasteiger partial charge is 0.292 e. The van der Waals surface area contributed by atoms with Crippen molar-refractivity contribution in [3.05, 3.63) is 0 Å². The Hall–Kier alpha value is -0.350. The van der Waals surface area contributed by atoms with E-state index in [2.05, 4.69) is 13.7 Å². The highest BCUT2D eigenvalue weighted by molar-refractivity contribution is 7.91. The third kappa shape index (κ3) is 13.9. The molecular formula is C5H13NO10S3. The molecule has 0 spiro atoms. The Balaban J connectivity index is 3.86. The lowest BCUT2D eigenvalue weighted by Gasteiger charge is -2.05. The minimum absolute atomic E-state index is 0.191. The van der Waals surface area contributed by atoms with Gasteiger partial charge in [0.05, 0.1) is 18.1 Å². The Kier molecular flexibility index (Phi) is 7.30. The summed E-state index contributed by atoms with van der Waals surface area (Å²) in [6, 6.07) is 0. The normalized spacial score (nSPS) is 13.6. The highest BCUT2D eigenvalue weighted by Gasteiger charge is 2.13. The van der Waals surface area contributed by atoms with E-state index in [9.17, 15) is 25.3 Å². The Morgan fingerprint density at radius 3 is 1.84 bits per heavy atom. The van der Waals surface area contributed by atoms with Crippen molar-refractivity contribution in [3.8, 4) is 0 Å². The Morgan fingerprint density at radius 2 is 1.37 bits per heavy atom. The third-order valence-electron chi connectivity index (χ3n) is 1.53. The van der Waals surface area contributed by atoms with Crippen LogP contribution in [0.25, 0.3) is 0 Å². The van der Waals surface area contributed by atoms with Gasteiger partial charge in [-0.1, -0.05) is 0 Å². The van der Waals surface area contributed by atoms with Crippen molar-refractivity contribution in [2.24, 2.45) is 0 Å². The Morgan fingerprint density at radius 1 is 0.842 bits per heavy atom. The van der Waals surface area contributed by atoms with Crippen LogP contribution in [0.5, 0.6) is 0 Å². The summed E-state index contributed by atoms with van der Waals surface area (Å²) in [5, 5.41) is 2.26. The summed E-state index contributed by atoms with van der Waals surface area (Å²) in [4.78, 5) is 0. The molecule has 0 bridgehead atoms. The van der Waals surface area contributed by atoms with Crippen molar-refractivity contribution in [2.45, 2.75) is 0 Å². The van der Waals surface area contributed by atoms with Gasteiger partial charge in [-0.05, 0) is 0 Å². The van der Waals surface area contributed by atoms with Crippen LogP contribution in [-0.4, -0.2) is 65.7 Å². The molecule has 0 saturated heterocycles. The van der Waals surface area contributed by atoms with Crippen LogP contribution in [0.3, 0.4) is 0 Å². The summed E-state index contributed by atoms with van der Waals surface area (Å²) >= 11 is 0. The standard InChI is InChI=1S/C5H13NO10S3/c7-17(8,4-2-15-18(9,10)11)3-1-6-5-16-19(12,13)14/h6H,1-5H2,(H,9,10,11)(H,12,13,14). The largest absolute Gasteiger partial charge is 0.398 e. The van der Waals surface area contributed by atoms with Gasteiger partial charge >= 0.3 is 20.8 Å². The van der Waals surface area contributed by atoms with Gasteiger partial charge in [-0.15, -0.1) is 0 Å². The van der Waals surface area contributed by atoms with Gasteiger partial charge in [0.2, 0.25) is 0 Å². The van der Waals surface area contributed by atoms with E-state index in [-0.39, 0.29) is 6.54 Å². The predicted molar refractivity (Wildman–Crippen MR) is 61.7 cm³/mol. The first-order valence-corrected chi connectivity index (χ1v) is 9.11. The number of sulfone groups is 1. The predicted octanol–water partition coefficient (Wildman–Crippen LogP) is -2.41. The number of hydrogen-bond donors (Lipinski definition) is 3. The first-order chi connectivity index (χ1) is 8.41. The molecule has 19 heavy (non-hydrogen) atoms.